The van der Waals surface area contributed by atoms with Crippen LogP contribution in [0.2, 0.25) is 0 Å². The fourth-order valence-electron chi connectivity index (χ4n) is 1.11. The van der Waals surface area contributed by atoms with E-state index in [0.717, 1.165) is 9.86 Å². The highest BCUT2D eigenvalue weighted by atomic mass is 32.2. The number of thioether (sulfide) groups is 1. The molecule has 76 valence electrons. The van der Waals surface area contributed by atoms with Gasteiger partial charge in [-0.15, -0.1) is 11.3 Å². The lowest BCUT2D eigenvalue weighted by Crippen LogP contribution is -2.19. The molecule has 1 heterocycles. The van der Waals surface area contributed by atoms with Crippen molar-refractivity contribution in [3.63, 3.8) is 0 Å². The summed E-state index contributed by atoms with van der Waals surface area (Å²) >= 11 is 3.18. The highest BCUT2D eigenvalue weighted by Gasteiger charge is 2.06. The van der Waals surface area contributed by atoms with E-state index in [1.165, 1.54) is 16.5 Å². The Morgan fingerprint density at radius 1 is 1.53 bits per heavy atom. The molecule has 15 heavy (non-hydrogen) atoms. The fourth-order valence-corrected chi connectivity index (χ4v) is 3.08. The number of thiazole rings is 1. The molecule has 0 fully saturated rings. The van der Waals surface area contributed by atoms with Gasteiger partial charge in [-0.05, 0) is 12.1 Å². The molecule has 0 saturated carbocycles. The van der Waals surface area contributed by atoms with E-state index in [1.807, 2.05) is 30.3 Å². The van der Waals surface area contributed by atoms with Crippen LogP contribution in [0.15, 0.2) is 28.6 Å². The summed E-state index contributed by atoms with van der Waals surface area (Å²) in [6, 6.07) is 9.58. The zero-order valence-corrected chi connectivity index (χ0v) is 9.52. The Labute approximate surface area is 95.9 Å². The summed E-state index contributed by atoms with van der Waals surface area (Å²) in [5.74, 6) is 0.594. The molecule has 0 aliphatic heterocycles. The summed E-state index contributed by atoms with van der Waals surface area (Å²) in [6.45, 7) is 0. The second kappa shape index (κ2) is 4.62. The van der Waals surface area contributed by atoms with Crippen LogP contribution < -0.4 is 5.73 Å². The lowest BCUT2D eigenvalue weighted by atomic mass is 10.3. The zero-order valence-electron chi connectivity index (χ0n) is 7.88. The molecule has 1 unspecified atom stereocenters. The average molecular weight is 235 g/mol. The maximum Gasteiger partial charge on any atom is 0.151 e. The molecule has 0 bridgehead atoms. The van der Waals surface area contributed by atoms with E-state index in [-0.39, 0.29) is 0 Å². The minimum atomic E-state index is -0.415. The Bertz CT molecular complexity index is 468. The van der Waals surface area contributed by atoms with Crippen LogP contribution in [0.5, 0.6) is 0 Å². The number of fused-ring (bicyclic) bond motifs is 1. The first-order valence-corrected chi connectivity index (χ1v) is 6.23. The maximum absolute atomic E-state index is 8.55. The number of nitriles is 1. The third-order valence-corrected chi connectivity index (χ3v) is 4.13. The smallest absolute Gasteiger partial charge is 0.151 e. The Morgan fingerprint density at radius 2 is 2.33 bits per heavy atom. The number of para-hydroxylation sites is 1. The normalized spacial score (nSPS) is 12.5. The molecule has 1 aromatic carbocycles. The van der Waals surface area contributed by atoms with E-state index in [4.69, 9.17) is 11.0 Å². The first-order valence-electron chi connectivity index (χ1n) is 4.43. The summed E-state index contributed by atoms with van der Waals surface area (Å²) in [4.78, 5) is 4.44. The summed E-state index contributed by atoms with van der Waals surface area (Å²) in [7, 11) is 0. The van der Waals surface area contributed by atoms with Gasteiger partial charge in [0.2, 0.25) is 0 Å². The highest BCUT2D eigenvalue weighted by Crippen LogP contribution is 2.29. The predicted molar refractivity (Wildman–Crippen MR) is 63.9 cm³/mol. The van der Waals surface area contributed by atoms with Gasteiger partial charge in [0.15, 0.2) is 4.34 Å². The fraction of sp³-hybridized carbons (Fsp3) is 0.200. The molecule has 0 radical (unpaired) electrons. The third-order valence-electron chi connectivity index (χ3n) is 1.83. The second-order valence-corrected chi connectivity index (χ2v) is 5.29. The van der Waals surface area contributed by atoms with Gasteiger partial charge < -0.3 is 5.73 Å². The number of benzene rings is 1. The van der Waals surface area contributed by atoms with Gasteiger partial charge in [0.25, 0.3) is 0 Å². The van der Waals surface area contributed by atoms with Gasteiger partial charge in [-0.2, -0.15) is 5.26 Å². The summed E-state index contributed by atoms with van der Waals surface area (Å²) in [5, 5.41) is 8.55. The lowest BCUT2D eigenvalue weighted by Gasteiger charge is -1.97. The minimum Gasteiger partial charge on any atom is -0.315 e. The van der Waals surface area contributed by atoms with Crippen molar-refractivity contribution in [3.05, 3.63) is 24.3 Å². The van der Waals surface area contributed by atoms with Crippen molar-refractivity contribution in [2.75, 3.05) is 5.75 Å². The largest absolute Gasteiger partial charge is 0.315 e. The van der Waals surface area contributed by atoms with Crippen molar-refractivity contribution in [2.24, 2.45) is 5.73 Å². The van der Waals surface area contributed by atoms with Gasteiger partial charge in [0, 0.05) is 5.75 Å². The van der Waals surface area contributed by atoms with E-state index >= 15 is 0 Å². The molecule has 1 atom stereocenters. The van der Waals surface area contributed by atoms with Crippen LogP contribution in [0.1, 0.15) is 0 Å². The van der Waals surface area contributed by atoms with E-state index in [2.05, 4.69) is 4.98 Å². The minimum absolute atomic E-state index is 0.415. The third kappa shape index (κ3) is 2.48. The first kappa shape index (κ1) is 10.4. The molecule has 3 nitrogen and oxygen atoms in total. The number of nitrogens with two attached hydrogens (primary N) is 1. The van der Waals surface area contributed by atoms with Crippen LogP contribution in [-0.4, -0.2) is 16.8 Å². The summed E-state index contributed by atoms with van der Waals surface area (Å²) in [5.41, 5.74) is 6.52. The number of hydrogen-bond donors (Lipinski definition) is 1. The van der Waals surface area contributed by atoms with Crippen LogP contribution in [0, 0.1) is 11.3 Å². The highest BCUT2D eigenvalue weighted by molar-refractivity contribution is 8.01. The van der Waals surface area contributed by atoms with Crippen molar-refractivity contribution < 1.29 is 0 Å². The molecule has 2 N–H and O–H groups in total. The van der Waals surface area contributed by atoms with Gasteiger partial charge in [-0.1, -0.05) is 23.9 Å². The first-order chi connectivity index (χ1) is 7.29. The van der Waals surface area contributed by atoms with Crippen molar-refractivity contribution in [1.29, 1.82) is 5.26 Å². The van der Waals surface area contributed by atoms with Crippen molar-refractivity contribution >= 4 is 33.3 Å². The molecule has 5 heteroatoms. The van der Waals surface area contributed by atoms with E-state index in [9.17, 15) is 0 Å². The number of aromatic nitrogens is 1. The van der Waals surface area contributed by atoms with Crippen LogP contribution in [0.25, 0.3) is 10.2 Å². The molecular weight excluding hydrogens is 226 g/mol. The van der Waals surface area contributed by atoms with Gasteiger partial charge >= 0.3 is 0 Å². The number of rotatable bonds is 3. The lowest BCUT2D eigenvalue weighted by molar-refractivity contribution is 0.953. The molecule has 0 aliphatic rings. The molecule has 2 rings (SSSR count). The Balaban J connectivity index is 2.13. The van der Waals surface area contributed by atoms with Gasteiger partial charge in [-0.3, -0.25) is 0 Å². The Kier molecular flexibility index (Phi) is 3.21. The molecule has 0 saturated heterocycles. The van der Waals surface area contributed by atoms with Crippen LogP contribution in [0.4, 0.5) is 0 Å². The number of nitrogens with zero attached hydrogens (tertiary/aromatic N) is 2. The summed E-state index contributed by atoms with van der Waals surface area (Å²) in [6.07, 6.45) is 0. The van der Waals surface area contributed by atoms with Crippen LogP contribution >= 0.6 is 23.1 Å². The van der Waals surface area contributed by atoms with E-state index < -0.39 is 6.04 Å². The van der Waals surface area contributed by atoms with Crippen LogP contribution in [-0.2, 0) is 0 Å². The average Bonchev–Trinajstić information content (AvgIpc) is 2.68. The van der Waals surface area contributed by atoms with E-state index in [1.54, 1.807) is 11.3 Å². The molecular formula is C10H9N3S2. The number of hydrogen-bond acceptors (Lipinski definition) is 5. The molecule has 0 amide bonds. The Morgan fingerprint density at radius 3 is 3.07 bits per heavy atom. The maximum atomic E-state index is 8.55. The van der Waals surface area contributed by atoms with Crippen molar-refractivity contribution in [2.45, 2.75) is 10.4 Å². The molecule has 2 aromatic rings. The SMILES string of the molecule is N#CC(N)CSc1nc2ccccc2s1. The van der Waals surface area contributed by atoms with Crippen LogP contribution in [0.3, 0.4) is 0 Å². The zero-order chi connectivity index (χ0) is 10.7. The predicted octanol–water partition coefficient (Wildman–Crippen LogP) is 2.24. The van der Waals surface area contributed by atoms with E-state index in [0.29, 0.717) is 5.75 Å². The summed E-state index contributed by atoms with van der Waals surface area (Å²) < 4.78 is 2.15. The molecule has 0 aliphatic carbocycles. The van der Waals surface area contributed by atoms with Gasteiger partial charge in [-0.25, -0.2) is 4.98 Å². The topological polar surface area (TPSA) is 62.7 Å². The Hall–Kier alpha value is -1.09. The standard InChI is InChI=1S/C10H9N3S2/c11-5-7(12)6-14-10-13-8-3-1-2-4-9(8)15-10/h1-4,7H,6,12H2. The quantitative estimate of drug-likeness (QED) is 0.829. The van der Waals surface area contributed by atoms with Gasteiger partial charge in [0.05, 0.1) is 16.3 Å². The second-order valence-electron chi connectivity index (χ2n) is 2.99. The molecule has 1 aromatic heterocycles. The monoisotopic (exact) mass is 235 g/mol. The molecule has 0 spiro atoms. The van der Waals surface area contributed by atoms with Gasteiger partial charge in [0.1, 0.15) is 6.04 Å². The van der Waals surface area contributed by atoms with Crippen molar-refractivity contribution in [3.8, 4) is 6.07 Å². The van der Waals surface area contributed by atoms with Crippen molar-refractivity contribution in [1.82, 2.24) is 4.98 Å².